The molecule has 1 rings (SSSR count). The lowest BCUT2D eigenvalue weighted by atomic mass is 10.4. The number of carbonyl (C=O) groups is 1. The molecule has 7 heteroatoms. The van der Waals surface area contributed by atoms with Gasteiger partial charge in [0.15, 0.2) is 5.13 Å². The van der Waals surface area contributed by atoms with Crippen molar-refractivity contribution in [1.29, 1.82) is 0 Å². The minimum Gasteiger partial charge on any atom is -0.369 e. The smallest absolute Gasteiger partial charge is 0.231 e. The van der Waals surface area contributed by atoms with Crippen molar-refractivity contribution in [2.75, 3.05) is 18.5 Å². The minimum atomic E-state index is -0.321. The molecule has 5 N–H and O–H groups in total. The number of carbonyl (C=O) groups excluding carboxylic acids is 1. The summed E-state index contributed by atoms with van der Waals surface area (Å²) in [5, 5.41) is 0.667. The highest BCUT2D eigenvalue weighted by molar-refractivity contribution is 7.15. The molecule has 0 fully saturated rings. The molecule has 0 radical (unpaired) electrons. The molecule has 0 aliphatic heterocycles. The fraction of sp³-hybridized carbons (Fsp3) is 0.500. The number of anilines is 1. The van der Waals surface area contributed by atoms with Gasteiger partial charge in [-0.25, -0.2) is 10.8 Å². The van der Waals surface area contributed by atoms with E-state index in [0.717, 1.165) is 11.4 Å². The Morgan fingerprint density at radius 3 is 2.93 bits per heavy atom. The highest BCUT2D eigenvalue weighted by Crippen LogP contribution is 2.18. The van der Waals surface area contributed by atoms with Gasteiger partial charge in [0.2, 0.25) is 5.91 Å². The van der Waals surface area contributed by atoms with Gasteiger partial charge in [-0.3, -0.25) is 15.1 Å². The van der Waals surface area contributed by atoms with Crippen molar-refractivity contribution < 1.29 is 4.79 Å². The normalized spacial score (nSPS) is 10.6. The average Bonchev–Trinajstić information content (AvgIpc) is 2.64. The Hall–Kier alpha value is -1.18. The number of nitrogens with two attached hydrogens (primary N) is 2. The molecule has 0 saturated heterocycles. The van der Waals surface area contributed by atoms with Crippen molar-refractivity contribution >= 4 is 22.4 Å². The number of rotatable bonds is 6. The van der Waals surface area contributed by atoms with Crippen molar-refractivity contribution in [2.45, 2.75) is 13.5 Å². The lowest BCUT2D eigenvalue weighted by Crippen LogP contribution is -2.32. The van der Waals surface area contributed by atoms with E-state index in [1.54, 1.807) is 6.20 Å². The number of hydrogen-bond acceptors (Lipinski definition) is 6. The topological polar surface area (TPSA) is 97.3 Å². The predicted octanol–water partition coefficient (Wildman–Crippen LogP) is -0.264. The standard InChI is InChI=1S/C8H15N5OS/c1-2-13(5-7(9)14)4-6-3-11-8(12-10)15-6/h3H,2,4-5,10H2,1H3,(H2,9,14)(H,11,12). The number of nitrogens with one attached hydrogen (secondary N) is 1. The summed E-state index contributed by atoms with van der Waals surface area (Å²) in [6.45, 7) is 3.68. The molecule has 1 aromatic rings. The van der Waals surface area contributed by atoms with Gasteiger partial charge in [0, 0.05) is 17.6 Å². The van der Waals surface area contributed by atoms with Crippen LogP contribution >= 0.6 is 11.3 Å². The Morgan fingerprint density at radius 2 is 2.47 bits per heavy atom. The summed E-state index contributed by atoms with van der Waals surface area (Å²) < 4.78 is 0. The highest BCUT2D eigenvalue weighted by atomic mass is 32.1. The summed E-state index contributed by atoms with van der Waals surface area (Å²) in [7, 11) is 0. The van der Waals surface area contributed by atoms with Crippen LogP contribution in [0.25, 0.3) is 0 Å². The fourth-order valence-electron chi connectivity index (χ4n) is 1.17. The lowest BCUT2D eigenvalue weighted by molar-refractivity contribution is -0.119. The van der Waals surface area contributed by atoms with E-state index in [0.29, 0.717) is 11.7 Å². The molecule has 0 aliphatic rings. The van der Waals surface area contributed by atoms with Crippen molar-refractivity contribution in [3.63, 3.8) is 0 Å². The molecule has 1 heterocycles. The minimum absolute atomic E-state index is 0.264. The summed E-state index contributed by atoms with van der Waals surface area (Å²) in [6.07, 6.45) is 1.74. The number of hydrazine groups is 1. The zero-order chi connectivity index (χ0) is 11.3. The summed E-state index contributed by atoms with van der Waals surface area (Å²) in [4.78, 5) is 17.8. The Bertz CT molecular complexity index is 327. The number of hydrogen-bond donors (Lipinski definition) is 3. The van der Waals surface area contributed by atoms with Crippen LogP contribution in [-0.2, 0) is 11.3 Å². The van der Waals surface area contributed by atoms with E-state index >= 15 is 0 Å². The van der Waals surface area contributed by atoms with Gasteiger partial charge in [-0.2, -0.15) is 0 Å². The third kappa shape index (κ3) is 3.82. The summed E-state index contributed by atoms with van der Waals surface area (Å²) >= 11 is 1.46. The van der Waals surface area contributed by atoms with Gasteiger partial charge in [0.1, 0.15) is 0 Å². The quantitative estimate of drug-likeness (QED) is 0.461. The number of nitrogens with zero attached hydrogens (tertiary/aromatic N) is 2. The molecule has 0 aromatic carbocycles. The molecule has 84 valence electrons. The van der Waals surface area contributed by atoms with Crippen LogP contribution in [0.2, 0.25) is 0 Å². The van der Waals surface area contributed by atoms with E-state index in [-0.39, 0.29) is 12.5 Å². The van der Waals surface area contributed by atoms with Gasteiger partial charge in [-0.05, 0) is 6.54 Å². The van der Waals surface area contributed by atoms with Crippen molar-refractivity contribution in [2.24, 2.45) is 11.6 Å². The third-order valence-electron chi connectivity index (χ3n) is 1.88. The number of aromatic nitrogens is 1. The second kappa shape index (κ2) is 5.64. The summed E-state index contributed by atoms with van der Waals surface area (Å²) in [5.41, 5.74) is 7.61. The Labute approximate surface area is 92.2 Å². The van der Waals surface area contributed by atoms with E-state index in [1.165, 1.54) is 11.3 Å². The first-order valence-electron chi connectivity index (χ1n) is 4.57. The summed E-state index contributed by atoms with van der Waals surface area (Å²) in [6, 6.07) is 0. The van der Waals surface area contributed by atoms with Gasteiger partial charge in [0.05, 0.1) is 6.54 Å². The van der Waals surface area contributed by atoms with Crippen LogP contribution in [0.1, 0.15) is 11.8 Å². The van der Waals surface area contributed by atoms with Gasteiger partial charge in [-0.1, -0.05) is 18.3 Å². The maximum absolute atomic E-state index is 10.8. The number of thiazole rings is 1. The number of nitrogen functional groups attached to an aromatic ring is 1. The van der Waals surface area contributed by atoms with Crippen molar-refractivity contribution in [3.05, 3.63) is 11.1 Å². The van der Waals surface area contributed by atoms with Crippen LogP contribution in [0.15, 0.2) is 6.20 Å². The largest absolute Gasteiger partial charge is 0.369 e. The molecule has 0 aliphatic carbocycles. The number of amides is 1. The zero-order valence-corrected chi connectivity index (χ0v) is 9.38. The summed E-state index contributed by atoms with van der Waals surface area (Å²) in [5.74, 6) is 4.90. The third-order valence-corrected chi connectivity index (χ3v) is 2.80. The molecule has 1 amide bonds. The van der Waals surface area contributed by atoms with E-state index in [9.17, 15) is 4.79 Å². The Balaban J connectivity index is 2.54. The molecular weight excluding hydrogens is 214 g/mol. The van der Waals surface area contributed by atoms with Gasteiger partial charge in [0.25, 0.3) is 0 Å². The lowest BCUT2D eigenvalue weighted by Gasteiger charge is -2.16. The molecule has 15 heavy (non-hydrogen) atoms. The molecule has 0 bridgehead atoms. The van der Waals surface area contributed by atoms with Crippen LogP contribution in [0.4, 0.5) is 5.13 Å². The van der Waals surface area contributed by atoms with E-state index < -0.39 is 0 Å². The Morgan fingerprint density at radius 1 is 1.73 bits per heavy atom. The maximum Gasteiger partial charge on any atom is 0.231 e. The Kier molecular flexibility index (Phi) is 4.47. The van der Waals surface area contributed by atoms with E-state index in [1.807, 2.05) is 11.8 Å². The average molecular weight is 229 g/mol. The van der Waals surface area contributed by atoms with Crippen molar-refractivity contribution in [1.82, 2.24) is 9.88 Å². The second-order valence-corrected chi connectivity index (χ2v) is 4.16. The monoisotopic (exact) mass is 229 g/mol. The second-order valence-electron chi connectivity index (χ2n) is 3.05. The maximum atomic E-state index is 10.8. The zero-order valence-electron chi connectivity index (χ0n) is 8.56. The molecule has 0 atom stereocenters. The molecule has 6 nitrogen and oxygen atoms in total. The van der Waals surface area contributed by atoms with Gasteiger partial charge in [-0.15, -0.1) is 0 Å². The molecule has 1 aromatic heterocycles. The molecule has 0 saturated carbocycles. The fourth-order valence-corrected chi connectivity index (χ4v) is 1.93. The SMILES string of the molecule is CCN(CC(N)=O)Cc1cnc(NN)s1. The number of likely N-dealkylation sites (N-methyl/N-ethyl adjacent to an activating group) is 1. The van der Waals surface area contributed by atoms with Crippen LogP contribution in [0, 0.1) is 0 Å². The molecule has 0 unspecified atom stereocenters. The van der Waals surface area contributed by atoms with Gasteiger partial charge >= 0.3 is 0 Å². The van der Waals surface area contributed by atoms with Crippen LogP contribution in [0.5, 0.6) is 0 Å². The first-order chi connectivity index (χ1) is 7.15. The first kappa shape index (κ1) is 11.9. The van der Waals surface area contributed by atoms with E-state index in [4.69, 9.17) is 11.6 Å². The van der Waals surface area contributed by atoms with E-state index in [2.05, 4.69) is 10.4 Å². The predicted molar refractivity (Wildman–Crippen MR) is 60.1 cm³/mol. The van der Waals surface area contributed by atoms with Crippen molar-refractivity contribution in [3.8, 4) is 0 Å². The first-order valence-corrected chi connectivity index (χ1v) is 5.39. The number of primary amides is 1. The molecule has 0 spiro atoms. The molecular formula is C8H15N5OS. The van der Waals surface area contributed by atoms with Crippen LogP contribution < -0.4 is 17.0 Å². The van der Waals surface area contributed by atoms with Crippen LogP contribution in [-0.4, -0.2) is 28.9 Å². The van der Waals surface area contributed by atoms with Crippen LogP contribution in [0.3, 0.4) is 0 Å². The highest BCUT2D eigenvalue weighted by Gasteiger charge is 2.09. The van der Waals surface area contributed by atoms with Gasteiger partial charge < -0.3 is 5.73 Å².